The highest BCUT2D eigenvalue weighted by atomic mass is 32.1. The second-order valence-electron chi connectivity index (χ2n) is 7.79. The maximum Gasteiger partial charge on any atom is 0.227 e. The molecule has 2 aromatic rings. The molecule has 0 spiro atoms. The maximum absolute atomic E-state index is 13.9. The number of fused-ring (bicyclic) bond motifs is 3. The third-order valence-corrected chi connectivity index (χ3v) is 7.13. The molecule has 2 atom stereocenters. The summed E-state index contributed by atoms with van der Waals surface area (Å²) in [7, 11) is 0. The molecule has 1 aromatic carbocycles. The van der Waals surface area contributed by atoms with Gasteiger partial charge in [0.1, 0.15) is 11.6 Å². The topological polar surface area (TPSA) is 48.5 Å². The van der Waals surface area contributed by atoms with Crippen molar-refractivity contribution in [2.24, 2.45) is 0 Å². The van der Waals surface area contributed by atoms with Gasteiger partial charge in [0, 0.05) is 49.1 Å². The number of aromatic nitrogens is 1. The highest BCUT2D eigenvalue weighted by molar-refractivity contribution is 7.15. The van der Waals surface area contributed by atoms with Gasteiger partial charge < -0.3 is 15.1 Å². The van der Waals surface area contributed by atoms with Crippen molar-refractivity contribution in [3.8, 4) is 0 Å². The van der Waals surface area contributed by atoms with Crippen LogP contribution in [0, 0.1) is 11.6 Å². The number of nitrogens with one attached hydrogen (secondary N) is 1. The standard InChI is InChI=1S/C20H22F2N4OS/c21-13-2-1-12(16(22)8-13)7-19(27)25-6-5-17-18(11-25)28-20(24-17)26-14-3-4-15(26)10-23-9-14/h1-2,8,14-15,23H,3-7,9-11H2. The summed E-state index contributed by atoms with van der Waals surface area (Å²) in [6.07, 6.45) is 3.09. The van der Waals surface area contributed by atoms with E-state index < -0.39 is 11.6 Å². The zero-order chi connectivity index (χ0) is 19.3. The number of halogens is 2. The van der Waals surface area contributed by atoms with Gasteiger partial charge in [-0.25, -0.2) is 13.8 Å². The average molecular weight is 404 g/mol. The number of thiazole rings is 1. The Balaban J connectivity index is 1.30. The number of carbonyl (C=O) groups is 1. The SMILES string of the molecule is O=C(Cc1ccc(F)cc1F)N1CCc2nc(N3C4CCC3CNC4)sc2C1. The summed E-state index contributed by atoms with van der Waals surface area (Å²) in [5.74, 6) is -1.43. The first-order valence-corrected chi connectivity index (χ1v) is 10.6. The first kappa shape index (κ1) is 18.0. The lowest BCUT2D eigenvalue weighted by atomic mass is 10.1. The van der Waals surface area contributed by atoms with E-state index in [4.69, 9.17) is 4.98 Å². The van der Waals surface area contributed by atoms with Gasteiger partial charge >= 0.3 is 0 Å². The molecule has 2 bridgehead atoms. The molecule has 0 saturated carbocycles. The smallest absolute Gasteiger partial charge is 0.227 e. The Kier molecular flexibility index (Phi) is 4.55. The Labute approximate surface area is 166 Å². The molecule has 2 fully saturated rings. The van der Waals surface area contributed by atoms with Gasteiger partial charge in [-0.3, -0.25) is 4.79 Å². The quantitative estimate of drug-likeness (QED) is 0.854. The molecular formula is C20H22F2N4OS. The van der Waals surface area contributed by atoms with Crippen LogP contribution in [0.1, 0.15) is 29.0 Å². The second-order valence-corrected chi connectivity index (χ2v) is 8.86. The number of hydrogen-bond donors (Lipinski definition) is 1. The molecule has 5 rings (SSSR count). The molecule has 4 heterocycles. The summed E-state index contributed by atoms with van der Waals surface area (Å²) < 4.78 is 26.9. The zero-order valence-electron chi connectivity index (χ0n) is 15.5. The van der Waals surface area contributed by atoms with Gasteiger partial charge in [0.15, 0.2) is 5.13 Å². The number of carbonyl (C=O) groups excluding carboxylic acids is 1. The van der Waals surface area contributed by atoms with Gasteiger partial charge in [-0.05, 0) is 24.5 Å². The summed E-state index contributed by atoms with van der Waals surface area (Å²) in [5.41, 5.74) is 1.33. The number of piperazine rings is 1. The molecule has 5 nitrogen and oxygen atoms in total. The largest absolute Gasteiger partial charge is 0.340 e. The summed E-state index contributed by atoms with van der Waals surface area (Å²) in [6.45, 7) is 3.13. The lowest BCUT2D eigenvalue weighted by Crippen LogP contribution is -2.51. The van der Waals surface area contributed by atoms with Crippen molar-refractivity contribution in [2.75, 3.05) is 24.5 Å². The minimum absolute atomic E-state index is 0.0466. The third kappa shape index (κ3) is 3.18. The Morgan fingerprint density at radius 1 is 1.25 bits per heavy atom. The minimum Gasteiger partial charge on any atom is -0.340 e. The minimum atomic E-state index is -0.666. The zero-order valence-corrected chi connectivity index (χ0v) is 16.3. The van der Waals surface area contributed by atoms with Crippen LogP contribution in [0.25, 0.3) is 0 Å². The highest BCUT2D eigenvalue weighted by Crippen LogP contribution is 2.38. The van der Waals surface area contributed by atoms with Gasteiger partial charge in [-0.2, -0.15) is 0 Å². The van der Waals surface area contributed by atoms with Gasteiger partial charge in [0.2, 0.25) is 5.91 Å². The second kappa shape index (κ2) is 7.08. The number of rotatable bonds is 3. The molecule has 0 aliphatic carbocycles. The van der Waals surface area contributed by atoms with E-state index in [1.54, 1.807) is 16.2 Å². The molecule has 148 valence electrons. The van der Waals surface area contributed by atoms with Crippen LogP contribution in [0.15, 0.2) is 18.2 Å². The molecular weight excluding hydrogens is 382 g/mol. The molecule has 3 aliphatic rings. The Bertz CT molecular complexity index is 902. The molecule has 3 aliphatic heterocycles. The summed E-state index contributed by atoms with van der Waals surface area (Å²) >= 11 is 1.69. The van der Waals surface area contributed by atoms with Crippen LogP contribution in [0.5, 0.6) is 0 Å². The fraction of sp³-hybridized carbons (Fsp3) is 0.500. The number of anilines is 1. The molecule has 0 radical (unpaired) electrons. The van der Waals surface area contributed by atoms with Crippen LogP contribution in [-0.2, 0) is 24.2 Å². The highest BCUT2D eigenvalue weighted by Gasteiger charge is 2.39. The molecule has 8 heteroatoms. The fourth-order valence-corrected chi connectivity index (χ4v) is 5.80. The lowest BCUT2D eigenvalue weighted by molar-refractivity contribution is -0.131. The molecule has 2 unspecified atom stereocenters. The van der Waals surface area contributed by atoms with Crippen molar-refractivity contribution in [3.63, 3.8) is 0 Å². The Morgan fingerprint density at radius 3 is 2.79 bits per heavy atom. The van der Waals surface area contributed by atoms with Crippen LogP contribution in [0.2, 0.25) is 0 Å². The van der Waals surface area contributed by atoms with E-state index in [0.717, 1.165) is 41.3 Å². The monoisotopic (exact) mass is 404 g/mol. The maximum atomic E-state index is 13.9. The molecule has 2 saturated heterocycles. The molecule has 1 N–H and O–H groups in total. The van der Waals surface area contributed by atoms with Gasteiger partial charge in [0.25, 0.3) is 0 Å². The van der Waals surface area contributed by atoms with Crippen molar-refractivity contribution < 1.29 is 13.6 Å². The summed E-state index contributed by atoms with van der Waals surface area (Å²) in [4.78, 5) is 22.9. The Morgan fingerprint density at radius 2 is 2.04 bits per heavy atom. The van der Waals surface area contributed by atoms with Crippen molar-refractivity contribution in [1.29, 1.82) is 0 Å². The van der Waals surface area contributed by atoms with Crippen molar-refractivity contribution >= 4 is 22.4 Å². The van der Waals surface area contributed by atoms with E-state index >= 15 is 0 Å². The van der Waals surface area contributed by atoms with Gasteiger partial charge in [-0.1, -0.05) is 17.4 Å². The van der Waals surface area contributed by atoms with Crippen LogP contribution in [0.4, 0.5) is 13.9 Å². The summed E-state index contributed by atoms with van der Waals surface area (Å²) in [6, 6.07) is 4.41. The molecule has 1 amide bonds. The van der Waals surface area contributed by atoms with Gasteiger partial charge in [-0.15, -0.1) is 0 Å². The first-order valence-electron chi connectivity index (χ1n) is 9.78. The average Bonchev–Trinajstić information content (AvgIpc) is 3.20. The van der Waals surface area contributed by atoms with Crippen LogP contribution in [0.3, 0.4) is 0 Å². The van der Waals surface area contributed by atoms with Crippen molar-refractivity contribution in [2.45, 2.75) is 44.3 Å². The van der Waals surface area contributed by atoms with E-state index in [9.17, 15) is 13.6 Å². The number of benzene rings is 1. The lowest BCUT2D eigenvalue weighted by Gasteiger charge is -2.35. The van der Waals surface area contributed by atoms with E-state index in [2.05, 4.69) is 10.2 Å². The predicted octanol–water partition coefficient (Wildman–Crippen LogP) is 2.49. The number of nitrogens with zero attached hydrogens (tertiary/aromatic N) is 3. The Hall–Kier alpha value is -2.06. The molecule has 28 heavy (non-hydrogen) atoms. The van der Waals surface area contributed by atoms with Gasteiger partial charge in [0.05, 0.1) is 18.7 Å². The summed E-state index contributed by atoms with van der Waals surface area (Å²) in [5, 5.41) is 4.57. The fourth-order valence-electron chi connectivity index (χ4n) is 4.54. The molecule has 1 aromatic heterocycles. The van der Waals surface area contributed by atoms with Crippen LogP contribution < -0.4 is 10.2 Å². The third-order valence-electron chi connectivity index (χ3n) is 6.03. The normalized spacial score (nSPS) is 23.8. The van der Waals surface area contributed by atoms with E-state index in [0.29, 0.717) is 25.2 Å². The van der Waals surface area contributed by atoms with E-state index in [-0.39, 0.29) is 17.9 Å². The number of amides is 1. The van der Waals surface area contributed by atoms with E-state index in [1.165, 1.54) is 25.0 Å². The van der Waals surface area contributed by atoms with Crippen LogP contribution >= 0.6 is 11.3 Å². The van der Waals surface area contributed by atoms with E-state index in [1.807, 2.05) is 0 Å². The first-order chi connectivity index (χ1) is 13.6. The number of hydrogen-bond acceptors (Lipinski definition) is 5. The predicted molar refractivity (Wildman–Crippen MR) is 103 cm³/mol. The van der Waals surface area contributed by atoms with Crippen molar-refractivity contribution in [3.05, 3.63) is 46.0 Å². The van der Waals surface area contributed by atoms with Crippen LogP contribution in [-0.4, -0.2) is 47.5 Å². The van der Waals surface area contributed by atoms with Crippen molar-refractivity contribution in [1.82, 2.24) is 15.2 Å².